The van der Waals surface area contributed by atoms with E-state index in [4.69, 9.17) is 11.6 Å². The highest BCUT2D eigenvalue weighted by Gasteiger charge is 2.31. The van der Waals surface area contributed by atoms with Gasteiger partial charge < -0.3 is 0 Å². The van der Waals surface area contributed by atoms with Crippen molar-refractivity contribution in [2.75, 3.05) is 0 Å². The molecule has 1 aromatic carbocycles. The number of hydrogen-bond acceptors (Lipinski definition) is 2. The van der Waals surface area contributed by atoms with Gasteiger partial charge in [0.05, 0.1) is 10.6 Å². The number of rotatable bonds is 2. The van der Waals surface area contributed by atoms with Crippen LogP contribution in [0, 0.1) is 0 Å². The lowest BCUT2D eigenvalue weighted by atomic mass is 10.0. The molecule has 0 bridgehead atoms. The Labute approximate surface area is 111 Å². The van der Waals surface area contributed by atoms with E-state index in [-0.39, 0.29) is 16.3 Å². The molecule has 0 N–H and O–H groups in total. The molecule has 0 spiro atoms. The van der Waals surface area contributed by atoms with Gasteiger partial charge in [0.15, 0.2) is 0 Å². The highest BCUT2D eigenvalue weighted by molar-refractivity contribution is 6.34. The second-order valence-corrected chi connectivity index (χ2v) is 4.14. The Kier molecular flexibility index (Phi) is 3.57. The minimum absolute atomic E-state index is 0.0383. The maximum atomic E-state index is 12.6. The second kappa shape index (κ2) is 5.01. The average Bonchev–Trinajstić information content (AvgIpc) is 2.38. The van der Waals surface area contributed by atoms with Crippen LogP contribution in [0.15, 0.2) is 42.6 Å². The maximum absolute atomic E-state index is 12.6. The molecule has 0 saturated carbocycles. The summed E-state index contributed by atoms with van der Waals surface area (Å²) in [7, 11) is 0. The third-order valence-electron chi connectivity index (χ3n) is 2.44. The molecule has 0 unspecified atom stereocenters. The lowest BCUT2D eigenvalue weighted by molar-refractivity contribution is -0.137. The average molecular weight is 286 g/mol. The predicted molar refractivity (Wildman–Crippen MR) is 64.1 cm³/mol. The number of carbonyl (C=O) groups is 1. The Hall–Kier alpha value is -1.88. The normalized spacial score (nSPS) is 11.4. The number of ketones is 1. The van der Waals surface area contributed by atoms with Crippen LogP contribution in [0.1, 0.15) is 21.6 Å². The van der Waals surface area contributed by atoms with Crippen molar-refractivity contribution in [3.63, 3.8) is 0 Å². The SMILES string of the molecule is O=C(c1ccccn1)c1cc(C(F)(F)F)ccc1Cl. The highest BCUT2D eigenvalue weighted by atomic mass is 35.5. The van der Waals surface area contributed by atoms with Gasteiger partial charge in [-0.25, -0.2) is 0 Å². The molecular weight excluding hydrogens is 279 g/mol. The van der Waals surface area contributed by atoms with Gasteiger partial charge in [-0.3, -0.25) is 9.78 Å². The van der Waals surface area contributed by atoms with Crippen molar-refractivity contribution in [1.82, 2.24) is 4.98 Å². The Morgan fingerprint density at radius 3 is 2.47 bits per heavy atom. The van der Waals surface area contributed by atoms with Crippen molar-refractivity contribution >= 4 is 17.4 Å². The fourth-order valence-electron chi connectivity index (χ4n) is 1.51. The van der Waals surface area contributed by atoms with Crippen LogP contribution in [0.5, 0.6) is 0 Å². The van der Waals surface area contributed by atoms with Gasteiger partial charge in [-0.15, -0.1) is 0 Å². The molecule has 2 nitrogen and oxygen atoms in total. The molecule has 0 fully saturated rings. The number of carbonyl (C=O) groups excluding carboxylic acids is 1. The summed E-state index contributed by atoms with van der Waals surface area (Å²) >= 11 is 5.78. The predicted octanol–water partition coefficient (Wildman–Crippen LogP) is 3.98. The molecule has 0 amide bonds. The summed E-state index contributed by atoms with van der Waals surface area (Å²) in [6.45, 7) is 0. The largest absolute Gasteiger partial charge is 0.416 e. The van der Waals surface area contributed by atoms with Gasteiger partial charge in [0.1, 0.15) is 5.69 Å². The van der Waals surface area contributed by atoms with Crippen LogP contribution in [0.3, 0.4) is 0 Å². The van der Waals surface area contributed by atoms with Crippen molar-refractivity contribution in [2.24, 2.45) is 0 Å². The summed E-state index contributed by atoms with van der Waals surface area (Å²) < 4.78 is 37.8. The summed E-state index contributed by atoms with van der Waals surface area (Å²) in [6.07, 6.45) is -3.14. The summed E-state index contributed by atoms with van der Waals surface area (Å²) in [4.78, 5) is 15.8. The van der Waals surface area contributed by atoms with Crippen molar-refractivity contribution in [2.45, 2.75) is 6.18 Å². The number of benzene rings is 1. The lowest BCUT2D eigenvalue weighted by Gasteiger charge is -2.09. The molecule has 0 aliphatic carbocycles. The summed E-state index contributed by atoms with van der Waals surface area (Å²) in [5.74, 6) is -0.642. The zero-order valence-electron chi connectivity index (χ0n) is 9.41. The molecule has 0 atom stereocenters. The molecule has 98 valence electrons. The molecule has 1 heterocycles. The number of halogens is 4. The van der Waals surface area contributed by atoms with Gasteiger partial charge in [-0.1, -0.05) is 17.7 Å². The number of aromatic nitrogens is 1. The summed E-state index contributed by atoms with van der Waals surface area (Å²) in [5, 5.41) is -0.0383. The van der Waals surface area contributed by atoms with E-state index >= 15 is 0 Å². The molecule has 1 aromatic heterocycles. The molecule has 19 heavy (non-hydrogen) atoms. The number of hydrogen-bond donors (Lipinski definition) is 0. The van der Waals surface area contributed by atoms with Gasteiger partial charge in [0.2, 0.25) is 5.78 Å². The van der Waals surface area contributed by atoms with Crippen molar-refractivity contribution in [1.29, 1.82) is 0 Å². The smallest absolute Gasteiger partial charge is 0.287 e. The van der Waals surface area contributed by atoms with Gasteiger partial charge in [-0.2, -0.15) is 13.2 Å². The van der Waals surface area contributed by atoms with Crippen molar-refractivity contribution < 1.29 is 18.0 Å². The zero-order chi connectivity index (χ0) is 14.0. The quantitative estimate of drug-likeness (QED) is 0.781. The van der Waals surface area contributed by atoms with Gasteiger partial charge in [0.25, 0.3) is 0 Å². The number of alkyl halides is 3. The van der Waals surface area contributed by atoms with E-state index < -0.39 is 17.5 Å². The van der Waals surface area contributed by atoms with E-state index in [1.807, 2.05) is 0 Å². The van der Waals surface area contributed by atoms with Crippen molar-refractivity contribution in [3.05, 3.63) is 64.4 Å². The molecule has 0 radical (unpaired) electrons. The van der Waals surface area contributed by atoms with Gasteiger partial charge in [0, 0.05) is 11.8 Å². The summed E-state index contributed by atoms with van der Waals surface area (Å²) in [6, 6.07) is 7.21. The molecule has 6 heteroatoms. The Bertz CT molecular complexity index is 611. The zero-order valence-corrected chi connectivity index (χ0v) is 10.2. The van der Waals surface area contributed by atoms with Crippen LogP contribution in [0.4, 0.5) is 13.2 Å². The standard InChI is InChI=1S/C13H7ClF3NO/c14-10-5-4-8(13(15,16)17)7-9(10)12(19)11-3-1-2-6-18-11/h1-7H. The summed E-state index contributed by atoms with van der Waals surface area (Å²) in [5.41, 5.74) is -1.09. The van der Waals surface area contributed by atoms with Gasteiger partial charge in [-0.05, 0) is 30.3 Å². The molecule has 0 aliphatic heterocycles. The first-order valence-corrected chi connectivity index (χ1v) is 5.60. The molecular formula is C13H7ClF3NO. The Morgan fingerprint density at radius 1 is 1.16 bits per heavy atom. The molecule has 2 rings (SSSR count). The fraction of sp³-hybridized carbons (Fsp3) is 0.0769. The minimum Gasteiger partial charge on any atom is -0.287 e. The van der Waals surface area contributed by atoms with E-state index in [0.29, 0.717) is 0 Å². The van der Waals surface area contributed by atoms with Crippen molar-refractivity contribution in [3.8, 4) is 0 Å². The maximum Gasteiger partial charge on any atom is 0.416 e. The van der Waals surface area contributed by atoms with Crippen LogP contribution in [-0.2, 0) is 6.18 Å². The second-order valence-electron chi connectivity index (χ2n) is 3.74. The first-order chi connectivity index (χ1) is 8.89. The van der Waals surface area contributed by atoms with E-state index in [1.54, 1.807) is 12.1 Å². The lowest BCUT2D eigenvalue weighted by Crippen LogP contribution is -2.09. The first kappa shape index (κ1) is 13.5. The molecule has 2 aromatic rings. The Morgan fingerprint density at radius 2 is 1.89 bits per heavy atom. The highest BCUT2D eigenvalue weighted by Crippen LogP contribution is 2.32. The first-order valence-electron chi connectivity index (χ1n) is 5.22. The monoisotopic (exact) mass is 285 g/mol. The van der Waals surface area contributed by atoms with Crippen LogP contribution in [0.2, 0.25) is 5.02 Å². The fourth-order valence-corrected chi connectivity index (χ4v) is 1.71. The van der Waals surface area contributed by atoms with E-state index in [2.05, 4.69) is 4.98 Å². The topological polar surface area (TPSA) is 30.0 Å². The van der Waals surface area contributed by atoms with E-state index in [1.165, 1.54) is 12.3 Å². The van der Waals surface area contributed by atoms with Crippen LogP contribution in [0.25, 0.3) is 0 Å². The number of pyridine rings is 1. The molecule has 0 aliphatic rings. The third-order valence-corrected chi connectivity index (χ3v) is 2.77. The van der Waals surface area contributed by atoms with Crippen LogP contribution < -0.4 is 0 Å². The minimum atomic E-state index is -4.52. The van der Waals surface area contributed by atoms with Crippen LogP contribution in [-0.4, -0.2) is 10.8 Å². The number of nitrogens with zero attached hydrogens (tertiary/aromatic N) is 1. The van der Waals surface area contributed by atoms with Crippen LogP contribution >= 0.6 is 11.6 Å². The van der Waals surface area contributed by atoms with E-state index in [9.17, 15) is 18.0 Å². The third kappa shape index (κ3) is 2.93. The van der Waals surface area contributed by atoms with E-state index in [0.717, 1.165) is 18.2 Å². The molecule has 0 saturated heterocycles. The van der Waals surface area contributed by atoms with Gasteiger partial charge >= 0.3 is 6.18 Å². The Balaban J connectivity index is 2.48.